The molecule has 1 aliphatic carbocycles. The molecule has 0 radical (unpaired) electrons. The quantitative estimate of drug-likeness (QED) is 0.727. The van der Waals surface area contributed by atoms with Crippen molar-refractivity contribution < 1.29 is 9.90 Å². The van der Waals surface area contributed by atoms with E-state index in [0.29, 0.717) is 56.5 Å². The molecule has 4 aliphatic rings. The molecule has 0 aromatic heterocycles. The molecule has 1 unspecified atom stereocenters. The molecule has 8 nitrogen and oxygen atoms in total. The monoisotopic (exact) mass is 464 g/mol. The molecule has 1 atom stereocenters. The van der Waals surface area contributed by atoms with E-state index in [1.54, 1.807) is 0 Å². The van der Waals surface area contributed by atoms with E-state index < -0.39 is 0 Å². The molecule has 5 rings (SSSR count). The highest BCUT2D eigenvalue weighted by Crippen LogP contribution is 2.38. The summed E-state index contributed by atoms with van der Waals surface area (Å²) >= 11 is 0. The zero-order valence-corrected chi connectivity index (χ0v) is 20.2. The number of piperazine rings is 1. The van der Waals surface area contributed by atoms with E-state index in [1.165, 1.54) is 25.7 Å². The van der Waals surface area contributed by atoms with Crippen molar-refractivity contribution in [1.82, 2.24) is 14.7 Å². The van der Waals surface area contributed by atoms with Crippen molar-refractivity contribution in [2.75, 3.05) is 44.3 Å². The van der Waals surface area contributed by atoms with Crippen molar-refractivity contribution in [3.8, 4) is 6.07 Å². The van der Waals surface area contributed by atoms with Gasteiger partial charge in [0.05, 0.1) is 29.5 Å². The van der Waals surface area contributed by atoms with E-state index >= 15 is 0 Å². The van der Waals surface area contributed by atoms with Gasteiger partial charge in [-0.3, -0.25) is 5.01 Å². The molecule has 3 aliphatic heterocycles. The van der Waals surface area contributed by atoms with Gasteiger partial charge in [0.25, 0.3) is 0 Å². The van der Waals surface area contributed by atoms with E-state index in [9.17, 15) is 15.2 Å². The standard InChI is InChI=1S/C26H36N6O2/c1-19-16-22(7-6-21(19)18-27)32-24(20-4-2-3-5-20)17-25(28-32)29-12-14-31(15-13-29)26(34)30-10-8-23(33)9-11-30/h6-7,16,20,23-24,33H,2-5,8-15,17H2,1H3. The summed E-state index contributed by atoms with van der Waals surface area (Å²) in [6.45, 7) is 6.32. The maximum Gasteiger partial charge on any atom is 0.320 e. The van der Waals surface area contributed by atoms with Crippen LogP contribution < -0.4 is 5.01 Å². The molecule has 1 N–H and O–H groups in total. The number of aliphatic hydroxyl groups excluding tert-OH is 1. The fourth-order valence-electron chi connectivity index (χ4n) is 5.99. The number of urea groups is 1. The number of amides is 2. The first kappa shape index (κ1) is 23.0. The fraction of sp³-hybridized carbons (Fsp3) is 0.654. The van der Waals surface area contributed by atoms with Crippen LogP contribution in [0.1, 0.15) is 56.1 Å². The van der Waals surface area contributed by atoms with Gasteiger partial charge in [-0.2, -0.15) is 10.4 Å². The number of hydrogen-bond acceptors (Lipinski definition) is 6. The number of hydrogen-bond donors (Lipinski definition) is 1. The maximum atomic E-state index is 12.9. The van der Waals surface area contributed by atoms with Crippen LogP contribution in [0.3, 0.4) is 0 Å². The van der Waals surface area contributed by atoms with Gasteiger partial charge in [-0.25, -0.2) is 4.79 Å². The normalized spacial score (nSPS) is 24.5. The third-order valence-electron chi connectivity index (χ3n) is 8.12. The van der Waals surface area contributed by atoms with Crippen LogP contribution in [0.5, 0.6) is 0 Å². The van der Waals surface area contributed by atoms with Crippen LogP contribution in [0.4, 0.5) is 10.5 Å². The number of anilines is 1. The molecule has 2 amide bonds. The molecule has 3 heterocycles. The summed E-state index contributed by atoms with van der Waals surface area (Å²) in [6, 6.07) is 8.78. The minimum atomic E-state index is -0.267. The van der Waals surface area contributed by atoms with Crippen LogP contribution in [0.2, 0.25) is 0 Å². The molecule has 1 aromatic rings. The number of benzene rings is 1. The van der Waals surface area contributed by atoms with Crippen molar-refractivity contribution in [3.05, 3.63) is 29.3 Å². The Kier molecular flexibility index (Phi) is 6.64. The molecular formula is C26H36N6O2. The first-order chi connectivity index (χ1) is 16.5. The van der Waals surface area contributed by atoms with Gasteiger partial charge in [0.2, 0.25) is 0 Å². The summed E-state index contributed by atoms with van der Waals surface area (Å²) < 4.78 is 0. The average Bonchev–Trinajstić information content (AvgIpc) is 3.54. The van der Waals surface area contributed by atoms with E-state index in [1.807, 2.05) is 28.9 Å². The number of piperidine rings is 1. The highest BCUT2D eigenvalue weighted by atomic mass is 16.3. The Morgan fingerprint density at radius 1 is 1.03 bits per heavy atom. The first-order valence-corrected chi connectivity index (χ1v) is 12.9. The SMILES string of the molecule is Cc1cc(N2N=C(N3CCN(C(=O)N4CCC(O)CC4)CC3)CC2C2CCCC2)ccc1C#N. The molecule has 182 valence electrons. The lowest BCUT2D eigenvalue weighted by molar-refractivity contribution is 0.0759. The molecule has 8 heteroatoms. The molecule has 1 saturated carbocycles. The number of rotatable bonds is 2. The van der Waals surface area contributed by atoms with Gasteiger partial charge >= 0.3 is 6.03 Å². The number of carbonyl (C=O) groups is 1. The number of likely N-dealkylation sites (tertiary alicyclic amines) is 1. The average molecular weight is 465 g/mol. The van der Waals surface area contributed by atoms with Crippen LogP contribution in [0.15, 0.2) is 23.3 Å². The minimum absolute atomic E-state index is 0.110. The van der Waals surface area contributed by atoms with Crippen molar-refractivity contribution in [1.29, 1.82) is 5.26 Å². The van der Waals surface area contributed by atoms with Crippen LogP contribution in [-0.2, 0) is 0 Å². The van der Waals surface area contributed by atoms with Gasteiger partial charge in [0.1, 0.15) is 5.84 Å². The van der Waals surface area contributed by atoms with Crippen LogP contribution >= 0.6 is 0 Å². The second kappa shape index (κ2) is 9.83. The summed E-state index contributed by atoms with van der Waals surface area (Å²) in [5.41, 5.74) is 2.78. The number of nitriles is 1. The maximum absolute atomic E-state index is 12.9. The summed E-state index contributed by atoms with van der Waals surface area (Å²) in [7, 11) is 0. The lowest BCUT2D eigenvalue weighted by atomic mass is 9.94. The van der Waals surface area contributed by atoms with Crippen LogP contribution in [0, 0.1) is 24.2 Å². The number of aryl methyl sites for hydroxylation is 1. The number of nitrogens with zero attached hydrogens (tertiary/aromatic N) is 6. The van der Waals surface area contributed by atoms with Crippen molar-refractivity contribution in [3.63, 3.8) is 0 Å². The van der Waals surface area contributed by atoms with Crippen LogP contribution in [-0.4, -0.2) is 83.1 Å². The molecule has 3 fully saturated rings. The Hall–Kier alpha value is -2.79. The lowest BCUT2D eigenvalue weighted by Gasteiger charge is -2.39. The lowest BCUT2D eigenvalue weighted by Crippen LogP contribution is -2.55. The topological polar surface area (TPSA) is 86.4 Å². The largest absolute Gasteiger partial charge is 0.393 e. The summed E-state index contributed by atoms with van der Waals surface area (Å²) in [4.78, 5) is 19.1. The Labute approximate surface area is 202 Å². The number of hydrazone groups is 1. The number of carbonyl (C=O) groups excluding carboxylic acids is 1. The van der Waals surface area contributed by atoms with Gasteiger partial charge in [-0.1, -0.05) is 12.8 Å². The van der Waals surface area contributed by atoms with E-state index in [2.05, 4.69) is 22.0 Å². The van der Waals surface area contributed by atoms with Crippen molar-refractivity contribution in [2.24, 2.45) is 11.0 Å². The highest BCUT2D eigenvalue weighted by Gasteiger charge is 2.38. The van der Waals surface area contributed by atoms with Gasteiger partial charge in [0.15, 0.2) is 0 Å². The van der Waals surface area contributed by atoms with E-state index in [0.717, 1.165) is 36.6 Å². The molecule has 0 spiro atoms. The molecular weight excluding hydrogens is 428 g/mol. The van der Waals surface area contributed by atoms with Crippen LogP contribution in [0.25, 0.3) is 0 Å². The van der Waals surface area contributed by atoms with Gasteiger partial charge < -0.3 is 19.8 Å². The highest BCUT2D eigenvalue weighted by molar-refractivity contribution is 5.87. The van der Waals surface area contributed by atoms with Crippen molar-refractivity contribution >= 4 is 17.6 Å². The third-order valence-corrected chi connectivity index (χ3v) is 8.12. The molecule has 2 saturated heterocycles. The Bertz CT molecular complexity index is 966. The fourth-order valence-corrected chi connectivity index (χ4v) is 5.99. The predicted octanol–water partition coefficient (Wildman–Crippen LogP) is 3.14. The zero-order valence-electron chi connectivity index (χ0n) is 20.2. The number of amidine groups is 1. The van der Waals surface area contributed by atoms with E-state index in [-0.39, 0.29) is 12.1 Å². The molecule has 34 heavy (non-hydrogen) atoms. The Balaban J connectivity index is 1.27. The minimum Gasteiger partial charge on any atom is -0.393 e. The smallest absolute Gasteiger partial charge is 0.320 e. The zero-order chi connectivity index (χ0) is 23.7. The van der Waals surface area contributed by atoms with Gasteiger partial charge in [-0.05, 0) is 62.3 Å². The summed E-state index contributed by atoms with van der Waals surface area (Å²) in [5.74, 6) is 1.78. The summed E-state index contributed by atoms with van der Waals surface area (Å²) in [5, 5.41) is 26.4. The summed E-state index contributed by atoms with van der Waals surface area (Å²) in [6.07, 6.45) is 7.14. The molecule has 1 aromatic carbocycles. The third kappa shape index (κ3) is 4.58. The Morgan fingerprint density at radius 2 is 1.71 bits per heavy atom. The van der Waals surface area contributed by atoms with Gasteiger partial charge in [-0.15, -0.1) is 0 Å². The second-order valence-electron chi connectivity index (χ2n) is 10.3. The molecule has 0 bridgehead atoms. The number of aliphatic hydroxyl groups is 1. The first-order valence-electron chi connectivity index (χ1n) is 12.9. The van der Waals surface area contributed by atoms with Gasteiger partial charge in [0, 0.05) is 45.7 Å². The second-order valence-corrected chi connectivity index (χ2v) is 10.3. The predicted molar refractivity (Wildman–Crippen MR) is 132 cm³/mol. The Morgan fingerprint density at radius 3 is 2.35 bits per heavy atom. The van der Waals surface area contributed by atoms with Crippen molar-refractivity contribution in [2.45, 2.75) is 64.0 Å². The van der Waals surface area contributed by atoms with E-state index in [4.69, 9.17) is 5.10 Å².